The molecule has 0 aromatic carbocycles. The molecule has 0 fully saturated rings. The highest BCUT2D eigenvalue weighted by Crippen LogP contribution is 2.25. The zero-order valence-electron chi connectivity index (χ0n) is 9.43. The van der Waals surface area contributed by atoms with E-state index in [4.69, 9.17) is 18.0 Å². The van der Waals surface area contributed by atoms with E-state index in [1.807, 2.05) is 0 Å². The van der Waals surface area contributed by atoms with Gasteiger partial charge in [-0.2, -0.15) is 0 Å². The van der Waals surface area contributed by atoms with Crippen LogP contribution in [0.5, 0.6) is 0 Å². The normalized spacial score (nSPS) is 15.2. The van der Waals surface area contributed by atoms with Gasteiger partial charge in [0.15, 0.2) is 0 Å². The summed E-state index contributed by atoms with van der Waals surface area (Å²) in [4.78, 5) is 4.28. The van der Waals surface area contributed by atoms with E-state index in [-0.39, 0.29) is 0 Å². The summed E-state index contributed by atoms with van der Waals surface area (Å²) >= 11 is 6.72. The van der Waals surface area contributed by atoms with E-state index < -0.39 is 0 Å². The number of thiophene rings is 1. The molecule has 2 nitrogen and oxygen atoms in total. The fraction of sp³-hybridized carbons (Fsp3) is 0.545. The predicted molar refractivity (Wildman–Crippen MR) is 71.4 cm³/mol. The highest BCUT2D eigenvalue weighted by Gasteiger charge is 2.18. The van der Waals surface area contributed by atoms with Crippen molar-refractivity contribution in [2.24, 2.45) is 5.73 Å². The number of hydrogen-bond acceptors (Lipinski definition) is 3. The first-order chi connectivity index (χ1) is 7.02. The molecule has 84 valence electrons. The Morgan fingerprint density at radius 1 is 1.60 bits per heavy atom. The van der Waals surface area contributed by atoms with Crippen molar-refractivity contribution in [3.8, 4) is 0 Å². The number of nitrogens with zero attached hydrogens (tertiary/aromatic N) is 1. The van der Waals surface area contributed by atoms with Crippen molar-refractivity contribution in [3.05, 3.63) is 22.4 Å². The van der Waals surface area contributed by atoms with Crippen LogP contribution in [0.25, 0.3) is 0 Å². The molecule has 1 aromatic heterocycles. The Morgan fingerprint density at radius 2 is 2.27 bits per heavy atom. The predicted octanol–water partition coefficient (Wildman–Crippen LogP) is 2.81. The zero-order chi connectivity index (χ0) is 11.4. The molecule has 0 bridgehead atoms. The van der Waals surface area contributed by atoms with Gasteiger partial charge in [0.25, 0.3) is 0 Å². The standard InChI is InChI=1S/C11H18N2S2/c1-8(7-11(12)14)13(3)9(2)10-5-4-6-15-10/h4-6,8-9H,7H2,1-3H3,(H2,12,14). The summed E-state index contributed by atoms with van der Waals surface area (Å²) in [5, 5.41) is 2.11. The minimum atomic E-state index is 0.389. The Kier molecular flexibility index (Phi) is 4.70. The van der Waals surface area contributed by atoms with Crippen molar-refractivity contribution in [3.63, 3.8) is 0 Å². The highest BCUT2D eigenvalue weighted by molar-refractivity contribution is 7.80. The van der Waals surface area contributed by atoms with E-state index >= 15 is 0 Å². The van der Waals surface area contributed by atoms with Crippen LogP contribution in [0, 0.1) is 0 Å². The molecule has 2 N–H and O–H groups in total. The summed E-state index contributed by atoms with van der Waals surface area (Å²) < 4.78 is 0. The summed E-state index contributed by atoms with van der Waals surface area (Å²) in [5.74, 6) is 0. The van der Waals surface area contributed by atoms with Gasteiger partial charge in [-0.05, 0) is 32.3 Å². The second-order valence-electron chi connectivity index (χ2n) is 3.88. The number of nitrogens with two attached hydrogens (primary N) is 1. The topological polar surface area (TPSA) is 29.3 Å². The first kappa shape index (κ1) is 12.6. The van der Waals surface area contributed by atoms with Gasteiger partial charge in [0, 0.05) is 23.4 Å². The molecule has 0 spiro atoms. The highest BCUT2D eigenvalue weighted by atomic mass is 32.1. The first-order valence-corrected chi connectivity index (χ1v) is 6.34. The second kappa shape index (κ2) is 5.58. The van der Waals surface area contributed by atoms with E-state index in [9.17, 15) is 0 Å². The molecule has 2 unspecified atom stereocenters. The smallest absolute Gasteiger partial charge is 0.0742 e. The largest absolute Gasteiger partial charge is 0.393 e. The lowest BCUT2D eigenvalue weighted by atomic mass is 10.1. The molecule has 0 saturated carbocycles. The molecule has 2 atom stereocenters. The average Bonchev–Trinajstić information content (AvgIpc) is 2.67. The van der Waals surface area contributed by atoms with E-state index in [1.54, 1.807) is 11.3 Å². The van der Waals surface area contributed by atoms with Gasteiger partial charge in [-0.25, -0.2) is 0 Å². The Hall–Kier alpha value is -0.450. The van der Waals surface area contributed by atoms with Crippen molar-refractivity contribution < 1.29 is 0 Å². The van der Waals surface area contributed by atoms with Crippen LogP contribution in [-0.4, -0.2) is 23.0 Å². The van der Waals surface area contributed by atoms with Crippen LogP contribution in [0.1, 0.15) is 31.2 Å². The van der Waals surface area contributed by atoms with Crippen LogP contribution < -0.4 is 5.73 Å². The lowest BCUT2D eigenvalue weighted by Gasteiger charge is -2.30. The third-order valence-electron chi connectivity index (χ3n) is 2.76. The van der Waals surface area contributed by atoms with Gasteiger partial charge in [-0.1, -0.05) is 18.3 Å². The van der Waals surface area contributed by atoms with Crippen LogP contribution in [0.4, 0.5) is 0 Å². The molecule has 1 aromatic rings. The van der Waals surface area contributed by atoms with Gasteiger partial charge < -0.3 is 5.73 Å². The monoisotopic (exact) mass is 242 g/mol. The third kappa shape index (κ3) is 3.55. The summed E-state index contributed by atoms with van der Waals surface area (Å²) in [6.45, 7) is 4.37. The van der Waals surface area contributed by atoms with Crippen molar-refractivity contribution in [1.82, 2.24) is 4.90 Å². The molecular weight excluding hydrogens is 224 g/mol. The Morgan fingerprint density at radius 3 is 2.73 bits per heavy atom. The molecule has 0 aliphatic rings. The fourth-order valence-corrected chi connectivity index (χ4v) is 2.62. The second-order valence-corrected chi connectivity index (χ2v) is 5.38. The van der Waals surface area contributed by atoms with Gasteiger partial charge in [0.2, 0.25) is 0 Å². The van der Waals surface area contributed by atoms with Gasteiger partial charge in [-0.3, -0.25) is 4.90 Å². The van der Waals surface area contributed by atoms with Crippen molar-refractivity contribution in [2.75, 3.05) is 7.05 Å². The zero-order valence-corrected chi connectivity index (χ0v) is 11.1. The van der Waals surface area contributed by atoms with Crippen molar-refractivity contribution in [2.45, 2.75) is 32.4 Å². The molecule has 4 heteroatoms. The lowest BCUT2D eigenvalue weighted by Crippen LogP contribution is -2.34. The Bertz CT molecular complexity index is 308. The molecule has 0 radical (unpaired) electrons. The maximum atomic E-state index is 5.56. The quantitative estimate of drug-likeness (QED) is 0.805. The van der Waals surface area contributed by atoms with Crippen molar-refractivity contribution in [1.29, 1.82) is 0 Å². The summed E-state index contributed by atoms with van der Waals surface area (Å²) in [5.41, 5.74) is 5.56. The van der Waals surface area contributed by atoms with Crippen LogP contribution in [0.3, 0.4) is 0 Å². The minimum absolute atomic E-state index is 0.389. The molecule has 1 heterocycles. The number of rotatable bonds is 5. The van der Waals surface area contributed by atoms with E-state index in [1.165, 1.54) is 4.88 Å². The molecule has 1 rings (SSSR count). The van der Waals surface area contributed by atoms with E-state index in [0.717, 1.165) is 6.42 Å². The maximum Gasteiger partial charge on any atom is 0.0742 e. The minimum Gasteiger partial charge on any atom is -0.393 e. The summed E-state index contributed by atoms with van der Waals surface area (Å²) in [7, 11) is 2.12. The van der Waals surface area contributed by atoms with E-state index in [2.05, 4.69) is 43.3 Å². The van der Waals surface area contributed by atoms with Gasteiger partial charge >= 0.3 is 0 Å². The molecule has 15 heavy (non-hydrogen) atoms. The Labute approximate surface area is 101 Å². The van der Waals surface area contributed by atoms with Crippen LogP contribution in [0.15, 0.2) is 17.5 Å². The fourth-order valence-electron chi connectivity index (χ4n) is 1.55. The van der Waals surface area contributed by atoms with Gasteiger partial charge in [0.1, 0.15) is 0 Å². The number of hydrogen-bond donors (Lipinski definition) is 1. The third-order valence-corrected chi connectivity index (χ3v) is 3.97. The maximum absolute atomic E-state index is 5.56. The molecule has 0 aliphatic heterocycles. The van der Waals surface area contributed by atoms with Gasteiger partial charge in [0.05, 0.1) is 4.99 Å². The Balaban J connectivity index is 2.59. The van der Waals surface area contributed by atoms with Crippen LogP contribution in [0.2, 0.25) is 0 Å². The molecular formula is C11H18N2S2. The van der Waals surface area contributed by atoms with Crippen LogP contribution in [-0.2, 0) is 0 Å². The lowest BCUT2D eigenvalue weighted by molar-refractivity contribution is 0.204. The first-order valence-electron chi connectivity index (χ1n) is 5.06. The summed E-state index contributed by atoms with van der Waals surface area (Å²) in [6, 6.07) is 5.07. The van der Waals surface area contributed by atoms with Crippen LogP contribution >= 0.6 is 23.6 Å². The van der Waals surface area contributed by atoms with E-state index in [0.29, 0.717) is 17.1 Å². The summed E-state index contributed by atoms with van der Waals surface area (Å²) in [6.07, 6.45) is 0.779. The van der Waals surface area contributed by atoms with Gasteiger partial charge in [-0.15, -0.1) is 11.3 Å². The average molecular weight is 242 g/mol. The molecule has 0 aliphatic carbocycles. The molecule has 0 saturated heterocycles. The van der Waals surface area contributed by atoms with Crippen molar-refractivity contribution >= 4 is 28.5 Å². The molecule has 0 amide bonds. The number of thiocarbonyl (C=S) groups is 1. The SMILES string of the molecule is CC(CC(N)=S)N(C)C(C)c1cccs1.